The molecule has 0 spiro atoms. The average Bonchev–Trinajstić information content (AvgIpc) is 2.99. The molecule has 1 saturated heterocycles. The van der Waals surface area contributed by atoms with Crippen LogP contribution in [-0.4, -0.2) is 48.0 Å². The Morgan fingerprint density at radius 2 is 1.83 bits per heavy atom. The number of alkyl halides is 3. The van der Waals surface area contributed by atoms with Crippen LogP contribution >= 0.6 is 0 Å². The van der Waals surface area contributed by atoms with Crippen molar-refractivity contribution in [2.45, 2.75) is 38.9 Å². The number of carbonyl (C=O) groups excluding carboxylic acids is 1. The number of nitrogens with one attached hydrogen (secondary N) is 1. The fourth-order valence-electron chi connectivity index (χ4n) is 3.53. The first kappa shape index (κ1) is 22.1. The zero-order valence-electron chi connectivity index (χ0n) is 17.2. The highest BCUT2D eigenvalue weighted by molar-refractivity contribution is 5.94. The Balaban J connectivity index is 1.57. The Morgan fingerprint density at radius 3 is 2.43 bits per heavy atom. The molecule has 0 aliphatic carbocycles. The molecule has 1 fully saturated rings. The van der Waals surface area contributed by atoms with E-state index in [0.717, 1.165) is 37.3 Å². The predicted octanol–water partition coefficient (Wildman–Crippen LogP) is 4.20. The molecule has 1 aliphatic rings. The zero-order chi connectivity index (χ0) is 21.7. The van der Waals surface area contributed by atoms with Crippen LogP contribution in [0.5, 0.6) is 0 Å². The lowest BCUT2D eigenvalue weighted by Crippen LogP contribution is -2.44. The monoisotopic (exact) mass is 420 g/mol. The van der Waals surface area contributed by atoms with Crippen molar-refractivity contribution in [1.29, 1.82) is 0 Å². The molecule has 0 bridgehead atoms. The highest BCUT2D eigenvalue weighted by atomic mass is 19.4. The van der Waals surface area contributed by atoms with E-state index in [1.165, 1.54) is 11.6 Å². The molecule has 2 aromatic rings. The van der Waals surface area contributed by atoms with Crippen molar-refractivity contribution in [3.8, 4) is 0 Å². The summed E-state index contributed by atoms with van der Waals surface area (Å²) in [4.78, 5) is 20.7. The summed E-state index contributed by atoms with van der Waals surface area (Å²) in [5.41, 5.74) is 1.24. The summed E-state index contributed by atoms with van der Waals surface area (Å²) in [7, 11) is 0. The Labute approximate surface area is 174 Å². The van der Waals surface area contributed by atoms with Crippen molar-refractivity contribution >= 4 is 17.4 Å². The van der Waals surface area contributed by atoms with Gasteiger partial charge >= 0.3 is 6.18 Å². The molecule has 5 nitrogen and oxygen atoms in total. The van der Waals surface area contributed by atoms with Gasteiger partial charge in [-0.05, 0) is 49.6 Å². The number of hydrogen-bond acceptors (Lipinski definition) is 4. The Bertz CT molecular complexity index is 837. The van der Waals surface area contributed by atoms with Gasteiger partial charge in [0.25, 0.3) is 0 Å². The molecule has 0 saturated carbocycles. The Morgan fingerprint density at radius 1 is 1.10 bits per heavy atom. The zero-order valence-corrected chi connectivity index (χ0v) is 17.2. The summed E-state index contributed by atoms with van der Waals surface area (Å²) in [5, 5.41) is 2.96. The SMILES string of the molecule is CCc1ccc(NC(=O)[C@@H](C)N2CCCN(c3ccc(C(F)(F)F)cn3)CC2)cc1. The third-order valence-electron chi connectivity index (χ3n) is 5.49. The second-order valence-corrected chi connectivity index (χ2v) is 7.50. The molecule has 1 aromatic heterocycles. The van der Waals surface area contributed by atoms with E-state index in [4.69, 9.17) is 0 Å². The standard InChI is InChI=1S/C22H27F3N4O/c1-3-17-5-8-19(9-6-17)27-21(30)16(2)28-11-4-12-29(14-13-28)20-10-7-18(15-26-20)22(23,24)25/h5-10,15-16H,3-4,11-14H2,1-2H3,(H,27,30)/t16-/m1/s1. The van der Waals surface area contributed by atoms with E-state index in [1.807, 2.05) is 36.1 Å². The number of rotatable bonds is 5. The smallest absolute Gasteiger partial charge is 0.355 e. The molecular weight excluding hydrogens is 393 g/mol. The summed E-state index contributed by atoms with van der Waals surface area (Å²) >= 11 is 0. The van der Waals surface area contributed by atoms with Gasteiger partial charge in [-0.2, -0.15) is 13.2 Å². The van der Waals surface area contributed by atoms with Crippen LogP contribution < -0.4 is 10.2 Å². The van der Waals surface area contributed by atoms with Gasteiger partial charge in [-0.1, -0.05) is 19.1 Å². The number of aryl methyl sites for hydroxylation is 1. The summed E-state index contributed by atoms with van der Waals surface area (Å²) in [6, 6.07) is 9.98. The minimum absolute atomic E-state index is 0.0691. The van der Waals surface area contributed by atoms with Gasteiger partial charge in [0.05, 0.1) is 11.6 Å². The molecule has 3 rings (SSSR count). The van der Waals surface area contributed by atoms with Crippen LogP contribution in [0.3, 0.4) is 0 Å². The highest BCUT2D eigenvalue weighted by Crippen LogP contribution is 2.29. The lowest BCUT2D eigenvalue weighted by atomic mass is 10.1. The van der Waals surface area contributed by atoms with Gasteiger partial charge in [-0.3, -0.25) is 9.69 Å². The molecule has 1 N–H and O–H groups in total. The van der Waals surface area contributed by atoms with E-state index < -0.39 is 11.7 Å². The van der Waals surface area contributed by atoms with Crippen LogP contribution in [0.1, 0.15) is 31.4 Å². The third kappa shape index (κ3) is 5.50. The molecule has 8 heteroatoms. The lowest BCUT2D eigenvalue weighted by Gasteiger charge is -2.27. The first-order chi connectivity index (χ1) is 14.3. The summed E-state index contributed by atoms with van der Waals surface area (Å²) in [6.07, 6.45) is -1.77. The number of carbonyl (C=O) groups is 1. The maximum atomic E-state index is 12.7. The van der Waals surface area contributed by atoms with Crippen molar-refractivity contribution in [2.75, 3.05) is 36.4 Å². The van der Waals surface area contributed by atoms with Crippen molar-refractivity contribution in [2.24, 2.45) is 0 Å². The predicted molar refractivity (Wildman–Crippen MR) is 112 cm³/mol. The number of hydrogen-bond donors (Lipinski definition) is 1. The maximum Gasteiger partial charge on any atom is 0.417 e. The topological polar surface area (TPSA) is 48.5 Å². The fraction of sp³-hybridized carbons (Fsp3) is 0.455. The normalized spacial score (nSPS) is 16.8. The van der Waals surface area contributed by atoms with Crippen LogP contribution in [0.4, 0.5) is 24.7 Å². The van der Waals surface area contributed by atoms with Crippen molar-refractivity contribution in [1.82, 2.24) is 9.88 Å². The number of aromatic nitrogens is 1. The minimum Gasteiger partial charge on any atom is -0.355 e. The lowest BCUT2D eigenvalue weighted by molar-refractivity contribution is -0.137. The van der Waals surface area contributed by atoms with E-state index in [9.17, 15) is 18.0 Å². The van der Waals surface area contributed by atoms with Crippen LogP contribution in [0.25, 0.3) is 0 Å². The Kier molecular flexibility index (Phi) is 6.97. The second-order valence-electron chi connectivity index (χ2n) is 7.50. The van der Waals surface area contributed by atoms with Gasteiger partial charge in [-0.15, -0.1) is 0 Å². The fourth-order valence-corrected chi connectivity index (χ4v) is 3.53. The van der Waals surface area contributed by atoms with E-state index in [-0.39, 0.29) is 11.9 Å². The van der Waals surface area contributed by atoms with Crippen LogP contribution in [-0.2, 0) is 17.4 Å². The molecule has 0 unspecified atom stereocenters. The summed E-state index contributed by atoms with van der Waals surface area (Å²) in [5.74, 6) is 0.457. The van der Waals surface area contributed by atoms with Gasteiger partial charge in [0.15, 0.2) is 0 Å². The van der Waals surface area contributed by atoms with E-state index >= 15 is 0 Å². The van der Waals surface area contributed by atoms with Gasteiger partial charge in [-0.25, -0.2) is 4.98 Å². The van der Waals surface area contributed by atoms with Gasteiger partial charge < -0.3 is 10.2 Å². The quantitative estimate of drug-likeness (QED) is 0.788. The van der Waals surface area contributed by atoms with Crippen LogP contribution in [0.15, 0.2) is 42.6 Å². The van der Waals surface area contributed by atoms with E-state index in [1.54, 1.807) is 0 Å². The number of halogens is 3. The molecule has 162 valence electrons. The van der Waals surface area contributed by atoms with Crippen LogP contribution in [0.2, 0.25) is 0 Å². The first-order valence-electron chi connectivity index (χ1n) is 10.2. The van der Waals surface area contributed by atoms with Crippen molar-refractivity contribution in [3.63, 3.8) is 0 Å². The van der Waals surface area contributed by atoms with Crippen molar-refractivity contribution < 1.29 is 18.0 Å². The first-order valence-corrected chi connectivity index (χ1v) is 10.2. The highest BCUT2D eigenvalue weighted by Gasteiger charge is 2.31. The molecule has 1 aliphatic heterocycles. The summed E-state index contributed by atoms with van der Waals surface area (Å²) in [6.45, 7) is 6.61. The molecule has 30 heavy (non-hydrogen) atoms. The maximum absolute atomic E-state index is 12.7. The number of benzene rings is 1. The molecular formula is C22H27F3N4O. The van der Waals surface area contributed by atoms with Crippen LogP contribution in [0, 0.1) is 0 Å². The number of nitrogens with zero attached hydrogens (tertiary/aromatic N) is 3. The number of pyridine rings is 1. The summed E-state index contributed by atoms with van der Waals surface area (Å²) < 4.78 is 38.2. The second kappa shape index (κ2) is 9.47. The van der Waals surface area contributed by atoms with E-state index in [2.05, 4.69) is 22.1 Å². The molecule has 1 aromatic carbocycles. The molecule has 1 amide bonds. The molecule has 0 radical (unpaired) electrons. The van der Waals surface area contributed by atoms with Gasteiger partial charge in [0.2, 0.25) is 5.91 Å². The molecule has 1 atom stereocenters. The minimum atomic E-state index is -4.39. The third-order valence-corrected chi connectivity index (χ3v) is 5.49. The average molecular weight is 420 g/mol. The van der Waals surface area contributed by atoms with Gasteiger partial charge in [0.1, 0.15) is 5.82 Å². The van der Waals surface area contributed by atoms with Crippen molar-refractivity contribution in [3.05, 3.63) is 53.7 Å². The number of anilines is 2. The largest absolute Gasteiger partial charge is 0.417 e. The van der Waals surface area contributed by atoms with E-state index in [0.29, 0.717) is 25.5 Å². The molecule has 2 heterocycles. The van der Waals surface area contributed by atoms with Gasteiger partial charge in [0, 0.05) is 38.1 Å². The number of amides is 1. The Hall–Kier alpha value is -2.61.